The van der Waals surface area contributed by atoms with Gasteiger partial charge in [-0.1, -0.05) is 13.0 Å². The average Bonchev–Trinajstić information content (AvgIpc) is 2.81. The summed E-state index contributed by atoms with van der Waals surface area (Å²) in [5.74, 6) is 0.321. The summed E-state index contributed by atoms with van der Waals surface area (Å²) in [5, 5.41) is 9.48. The van der Waals surface area contributed by atoms with E-state index >= 15 is 0 Å². The van der Waals surface area contributed by atoms with Crippen molar-refractivity contribution in [2.24, 2.45) is 0 Å². The Kier molecular flexibility index (Phi) is 3.18. The Morgan fingerprint density at radius 3 is 3.00 bits per heavy atom. The second-order valence-corrected chi connectivity index (χ2v) is 3.76. The minimum Gasteiger partial charge on any atom is -0.305 e. The molecule has 0 aliphatic carbocycles. The van der Waals surface area contributed by atoms with Crippen LogP contribution in [0.3, 0.4) is 0 Å². The van der Waals surface area contributed by atoms with Crippen molar-refractivity contribution in [3.05, 3.63) is 41.3 Å². The molecule has 2 aromatic rings. The number of anilines is 1. The van der Waals surface area contributed by atoms with Crippen molar-refractivity contribution >= 4 is 11.7 Å². The molecule has 2 aromatic heterocycles. The number of amides is 1. The van der Waals surface area contributed by atoms with Crippen LogP contribution >= 0.6 is 0 Å². The summed E-state index contributed by atoms with van der Waals surface area (Å²) >= 11 is 0. The highest BCUT2D eigenvalue weighted by molar-refractivity contribution is 6.02. The molecule has 0 bridgehead atoms. The molecule has 2 N–H and O–H groups in total. The van der Waals surface area contributed by atoms with Crippen molar-refractivity contribution in [2.45, 2.75) is 20.3 Å². The van der Waals surface area contributed by atoms with E-state index in [0.717, 1.165) is 17.7 Å². The number of pyridine rings is 1. The molecule has 0 atom stereocenters. The van der Waals surface area contributed by atoms with Crippen LogP contribution < -0.4 is 5.32 Å². The van der Waals surface area contributed by atoms with E-state index in [1.165, 1.54) is 0 Å². The van der Waals surface area contributed by atoms with Gasteiger partial charge in [-0.25, -0.2) is 4.98 Å². The number of carbonyl (C=O) groups excluding carboxylic acids is 1. The standard InChI is InChI=1S/C12H14N4O/c1-3-9-7-10(16-15-9)12(17)14-11-8(2)5-4-6-13-11/h4-7H,3H2,1-2H3,(H,15,16)(H,13,14,17). The Morgan fingerprint density at radius 1 is 1.53 bits per heavy atom. The molecule has 17 heavy (non-hydrogen) atoms. The molecule has 0 radical (unpaired) electrons. The fourth-order valence-corrected chi connectivity index (χ4v) is 1.45. The van der Waals surface area contributed by atoms with Crippen molar-refractivity contribution < 1.29 is 4.79 Å². The Bertz CT molecular complexity index is 533. The third-order valence-electron chi connectivity index (χ3n) is 2.49. The van der Waals surface area contributed by atoms with Crippen molar-refractivity contribution in [3.8, 4) is 0 Å². The zero-order valence-corrected chi connectivity index (χ0v) is 9.82. The van der Waals surface area contributed by atoms with Crippen LogP contribution in [-0.4, -0.2) is 21.1 Å². The molecule has 0 aliphatic heterocycles. The number of nitrogens with zero attached hydrogens (tertiary/aromatic N) is 2. The lowest BCUT2D eigenvalue weighted by Gasteiger charge is -2.04. The van der Waals surface area contributed by atoms with Gasteiger partial charge < -0.3 is 5.32 Å². The lowest BCUT2D eigenvalue weighted by atomic mass is 10.2. The van der Waals surface area contributed by atoms with E-state index < -0.39 is 0 Å². The van der Waals surface area contributed by atoms with Crippen LogP contribution in [0.2, 0.25) is 0 Å². The normalized spacial score (nSPS) is 10.2. The van der Waals surface area contributed by atoms with Gasteiger partial charge in [0.25, 0.3) is 5.91 Å². The van der Waals surface area contributed by atoms with Crippen LogP contribution in [0.15, 0.2) is 24.4 Å². The summed E-state index contributed by atoms with van der Waals surface area (Å²) < 4.78 is 0. The number of H-pyrrole nitrogens is 1. The lowest BCUT2D eigenvalue weighted by molar-refractivity contribution is 0.102. The smallest absolute Gasteiger partial charge is 0.277 e. The fraction of sp³-hybridized carbons (Fsp3) is 0.250. The maximum atomic E-state index is 11.9. The van der Waals surface area contributed by atoms with Gasteiger partial charge in [0.15, 0.2) is 5.69 Å². The van der Waals surface area contributed by atoms with Crippen LogP contribution in [0.5, 0.6) is 0 Å². The first-order chi connectivity index (χ1) is 8.20. The summed E-state index contributed by atoms with van der Waals surface area (Å²) in [6, 6.07) is 5.47. The number of hydrogen-bond acceptors (Lipinski definition) is 3. The SMILES string of the molecule is CCc1cc(C(=O)Nc2ncccc2C)n[nH]1. The minimum atomic E-state index is -0.247. The first kappa shape index (κ1) is 11.3. The molecule has 88 valence electrons. The molecule has 1 amide bonds. The number of aryl methyl sites for hydroxylation is 2. The molecular formula is C12H14N4O. The Labute approximate surface area is 99.3 Å². The predicted molar refractivity (Wildman–Crippen MR) is 64.9 cm³/mol. The monoisotopic (exact) mass is 230 g/mol. The Morgan fingerprint density at radius 2 is 2.35 bits per heavy atom. The predicted octanol–water partition coefficient (Wildman–Crippen LogP) is 1.93. The zero-order chi connectivity index (χ0) is 12.3. The maximum absolute atomic E-state index is 11.9. The highest BCUT2D eigenvalue weighted by Crippen LogP contribution is 2.11. The summed E-state index contributed by atoms with van der Waals surface area (Å²) in [7, 11) is 0. The summed E-state index contributed by atoms with van der Waals surface area (Å²) in [5.41, 5.74) is 2.24. The number of carbonyl (C=O) groups is 1. The molecule has 0 fully saturated rings. The van der Waals surface area contributed by atoms with E-state index in [1.807, 2.05) is 26.0 Å². The molecule has 2 rings (SSSR count). The lowest BCUT2D eigenvalue weighted by Crippen LogP contribution is -2.14. The number of nitrogens with one attached hydrogen (secondary N) is 2. The van der Waals surface area contributed by atoms with Crippen LogP contribution in [0.4, 0.5) is 5.82 Å². The third kappa shape index (κ3) is 2.50. The molecule has 0 spiro atoms. The topological polar surface area (TPSA) is 70.7 Å². The van der Waals surface area contributed by atoms with Crippen LogP contribution in [0.1, 0.15) is 28.7 Å². The van der Waals surface area contributed by atoms with E-state index in [0.29, 0.717) is 11.5 Å². The van der Waals surface area contributed by atoms with Gasteiger partial charge >= 0.3 is 0 Å². The van der Waals surface area contributed by atoms with E-state index in [2.05, 4.69) is 20.5 Å². The van der Waals surface area contributed by atoms with Crippen molar-refractivity contribution in [1.29, 1.82) is 0 Å². The van der Waals surface area contributed by atoms with Crippen LogP contribution in [0, 0.1) is 6.92 Å². The van der Waals surface area contributed by atoms with E-state index in [-0.39, 0.29) is 5.91 Å². The van der Waals surface area contributed by atoms with Gasteiger partial charge in [0, 0.05) is 11.9 Å². The molecule has 5 nitrogen and oxygen atoms in total. The number of hydrogen-bond donors (Lipinski definition) is 2. The van der Waals surface area contributed by atoms with Crippen LogP contribution in [-0.2, 0) is 6.42 Å². The highest BCUT2D eigenvalue weighted by Gasteiger charge is 2.11. The van der Waals surface area contributed by atoms with E-state index in [9.17, 15) is 4.79 Å². The quantitative estimate of drug-likeness (QED) is 0.846. The molecule has 5 heteroatoms. The van der Waals surface area contributed by atoms with E-state index in [4.69, 9.17) is 0 Å². The summed E-state index contributed by atoms with van der Waals surface area (Å²) in [6.07, 6.45) is 2.47. The molecule has 0 aromatic carbocycles. The number of aromatic amines is 1. The van der Waals surface area contributed by atoms with Crippen LogP contribution in [0.25, 0.3) is 0 Å². The fourth-order valence-electron chi connectivity index (χ4n) is 1.45. The van der Waals surface area contributed by atoms with Crippen molar-refractivity contribution in [1.82, 2.24) is 15.2 Å². The highest BCUT2D eigenvalue weighted by atomic mass is 16.2. The molecule has 0 saturated heterocycles. The third-order valence-corrected chi connectivity index (χ3v) is 2.49. The average molecular weight is 230 g/mol. The second kappa shape index (κ2) is 4.78. The number of rotatable bonds is 3. The largest absolute Gasteiger partial charge is 0.305 e. The molecular weight excluding hydrogens is 216 g/mol. The van der Waals surface area contributed by atoms with E-state index in [1.54, 1.807) is 12.3 Å². The minimum absolute atomic E-state index is 0.247. The van der Waals surface area contributed by atoms with Gasteiger partial charge in [-0.05, 0) is 31.0 Å². The van der Waals surface area contributed by atoms with Gasteiger partial charge in [-0.3, -0.25) is 9.89 Å². The second-order valence-electron chi connectivity index (χ2n) is 3.76. The molecule has 0 unspecified atom stereocenters. The van der Waals surface area contributed by atoms with Gasteiger partial charge in [0.1, 0.15) is 5.82 Å². The van der Waals surface area contributed by atoms with Gasteiger partial charge in [0.05, 0.1) is 0 Å². The van der Waals surface area contributed by atoms with Gasteiger partial charge in [-0.15, -0.1) is 0 Å². The summed E-state index contributed by atoms with van der Waals surface area (Å²) in [4.78, 5) is 16.0. The first-order valence-electron chi connectivity index (χ1n) is 5.48. The van der Waals surface area contributed by atoms with Crippen molar-refractivity contribution in [2.75, 3.05) is 5.32 Å². The molecule has 2 heterocycles. The van der Waals surface area contributed by atoms with Gasteiger partial charge in [0.2, 0.25) is 0 Å². The maximum Gasteiger partial charge on any atom is 0.277 e. The Hall–Kier alpha value is -2.17. The zero-order valence-electron chi connectivity index (χ0n) is 9.82. The molecule has 0 aliphatic rings. The first-order valence-corrected chi connectivity index (χ1v) is 5.48. The van der Waals surface area contributed by atoms with Gasteiger partial charge in [-0.2, -0.15) is 5.10 Å². The molecule has 0 saturated carbocycles. The Balaban J connectivity index is 2.14. The summed E-state index contributed by atoms with van der Waals surface area (Å²) in [6.45, 7) is 3.89. The van der Waals surface area contributed by atoms with Crippen molar-refractivity contribution in [3.63, 3.8) is 0 Å². The number of aromatic nitrogens is 3.